The minimum atomic E-state index is 0.523. The van der Waals surface area contributed by atoms with Gasteiger partial charge in [0.25, 0.3) is 0 Å². The minimum absolute atomic E-state index is 0.523. The smallest absolute Gasteiger partial charge is 0.0771 e. The fraction of sp³-hybridized carbons (Fsp3) is 1.00. The van der Waals surface area contributed by atoms with Crippen LogP contribution < -0.4 is 5.32 Å². The van der Waals surface area contributed by atoms with Crippen LogP contribution in [0.15, 0.2) is 0 Å². The molecule has 2 nitrogen and oxygen atoms in total. The lowest BCUT2D eigenvalue weighted by Gasteiger charge is -2.20. The predicted octanol–water partition coefficient (Wildman–Crippen LogP) is 1.02. The zero-order chi connectivity index (χ0) is 7.84. The largest absolute Gasteiger partial charge is 0.376 e. The molecule has 0 aromatic carbocycles. The van der Waals surface area contributed by atoms with Crippen LogP contribution in [0.3, 0.4) is 0 Å². The lowest BCUT2D eigenvalue weighted by Crippen LogP contribution is -2.27. The van der Waals surface area contributed by atoms with Crippen molar-refractivity contribution in [2.24, 2.45) is 11.8 Å². The SMILES string of the molecule is CC(C)C1CNC2CCOC21. The maximum atomic E-state index is 5.69. The molecule has 0 bridgehead atoms. The van der Waals surface area contributed by atoms with Crippen molar-refractivity contribution in [3.05, 3.63) is 0 Å². The molecule has 11 heavy (non-hydrogen) atoms. The maximum Gasteiger partial charge on any atom is 0.0771 e. The molecule has 3 atom stereocenters. The van der Waals surface area contributed by atoms with Gasteiger partial charge in [-0.1, -0.05) is 13.8 Å². The first-order chi connectivity index (χ1) is 5.29. The molecule has 3 unspecified atom stereocenters. The average molecular weight is 155 g/mol. The van der Waals surface area contributed by atoms with Crippen LogP contribution >= 0.6 is 0 Å². The van der Waals surface area contributed by atoms with Gasteiger partial charge in [-0.3, -0.25) is 0 Å². The fourth-order valence-electron chi connectivity index (χ4n) is 2.27. The van der Waals surface area contributed by atoms with Crippen LogP contribution in [-0.2, 0) is 4.74 Å². The number of ether oxygens (including phenoxy) is 1. The first kappa shape index (κ1) is 7.56. The van der Waals surface area contributed by atoms with E-state index in [9.17, 15) is 0 Å². The van der Waals surface area contributed by atoms with Crippen molar-refractivity contribution >= 4 is 0 Å². The topological polar surface area (TPSA) is 21.3 Å². The summed E-state index contributed by atoms with van der Waals surface area (Å²) in [7, 11) is 0. The summed E-state index contributed by atoms with van der Waals surface area (Å²) in [6, 6.07) is 0.669. The predicted molar refractivity (Wildman–Crippen MR) is 44.5 cm³/mol. The lowest BCUT2D eigenvalue weighted by atomic mass is 9.91. The van der Waals surface area contributed by atoms with Gasteiger partial charge in [-0.25, -0.2) is 0 Å². The highest BCUT2D eigenvalue weighted by molar-refractivity contribution is 4.95. The third-order valence-corrected chi connectivity index (χ3v) is 3.03. The molecule has 2 heteroatoms. The van der Waals surface area contributed by atoms with E-state index in [1.165, 1.54) is 6.42 Å². The summed E-state index contributed by atoms with van der Waals surface area (Å²) in [5, 5.41) is 3.52. The van der Waals surface area contributed by atoms with Gasteiger partial charge in [0.15, 0.2) is 0 Å². The van der Waals surface area contributed by atoms with E-state index in [1.807, 2.05) is 0 Å². The molecule has 0 amide bonds. The van der Waals surface area contributed by atoms with Gasteiger partial charge in [0.05, 0.1) is 6.10 Å². The molecule has 0 saturated carbocycles. The maximum absolute atomic E-state index is 5.69. The van der Waals surface area contributed by atoms with Gasteiger partial charge in [-0.05, 0) is 12.3 Å². The average Bonchev–Trinajstić information content (AvgIpc) is 2.41. The monoisotopic (exact) mass is 155 g/mol. The zero-order valence-corrected chi connectivity index (χ0v) is 7.34. The highest BCUT2D eigenvalue weighted by atomic mass is 16.5. The number of fused-ring (bicyclic) bond motifs is 1. The number of nitrogens with one attached hydrogen (secondary N) is 1. The third-order valence-electron chi connectivity index (χ3n) is 3.03. The van der Waals surface area contributed by atoms with E-state index in [1.54, 1.807) is 0 Å². The van der Waals surface area contributed by atoms with Gasteiger partial charge < -0.3 is 10.1 Å². The second-order valence-corrected chi connectivity index (χ2v) is 4.05. The summed E-state index contributed by atoms with van der Waals surface area (Å²) in [6.45, 7) is 6.70. The Morgan fingerprint density at radius 2 is 2.27 bits per heavy atom. The molecule has 2 aliphatic rings. The highest BCUT2D eigenvalue weighted by Gasteiger charge is 2.41. The van der Waals surface area contributed by atoms with Gasteiger partial charge in [0.2, 0.25) is 0 Å². The summed E-state index contributed by atoms with van der Waals surface area (Å²) < 4.78 is 5.69. The quantitative estimate of drug-likeness (QED) is 0.610. The molecule has 0 aliphatic carbocycles. The van der Waals surface area contributed by atoms with Crippen molar-refractivity contribution in [1.29, 1.82) is 0 Å². The van der Waals surface area contributed by atoms with Crippen LogP contribution in [0.1, 0.15) is 20.3 Å². The van der Waals surface area contributed by atoms with Crippen molar-refractivity contribution in [3.63, 3.8) is 0 Å². The summed E-state index contributed by atoms with van der Waals surface area (Å²) in [6.07, 6.45) is 1.74. The molecule has 2 fully saturated rings. The van der Waals surface area contributed by atoms with Gasteiger partial charge in [0, 0.05) is 25.1 Å². The van der Waals surface area contributed by atoms with Crippen molar-refractivity contribution in [1.82, 2.24) is 5.32 Å². The van der Waals surface area contributed by atoms with Crippen molar-refractivity contribution < 1.29 is 4.74 Å². The Morgan fingerprint density at radius 1 is 1.45 bits per heavy atom. The lowest BCUT2D eigenvalue weighted by molar-refractivity contribution is 0.0615. The molecule has 64 valence electrons. The second-order valence-electron chi connectivity index (χ2n) is 4.05. The van der Waals surface area contributed by atoms with Crippen LogP contribution in [0.25, 0.3) is 0 Å². The first-order valence-electron chi connectivity index (χ1n) is 4.64. The van der Waals surface area contributed by atoms with Crippen molar-refractivity contribution in [3.8, 4) is 0 Å². The van der Waals surface area contributed by atoms with E-state index in [-0.39, 0.29) is 0 Å². The molecular formula is C9H17NO. The van der Waals surface area contributed by atoms with Gasteiger partial charge >= 0.3 is 0 Å². The van der Waals surface area contributed by atoms with Gasteiger partial charge in [-0.2, -0.15) is 0 Å². The van der Waals surface area contributed by atoms with Crippen molar-refractivity contribution in [2.45, 2.75) is 32.4 Å². The number of hydrogen-bond donors (Lipinski definition) is 1. The molecule has 2 saturated heterocycles. The number of hydrogen-bond acceptors (Lipinski definition) is 2. The van der Waals surface area contributed by atoms with E-state index < -0.39 is 0 Å². The normalized spacial score (nSPS) is 43.4. The molecule has 0 aromatic heterocycles. The molecule has 0 aromatic rings. The molecular weight excluding hydrogens is 138 g/mol. The van der Waals surface area contributed by atoms with E-state index in [2.05, 4.69) is 19.2 Å². The van der Waals surface area contributed by atoms with Gasteiger partial charge in [0.1, 0.15) is 0 Å². The van der Waals surface area contributed by atoms with E-state index >= 15 is 0 Å². The van der Waals surface area contributed by atoms with Crippen LogP contribution in [-0.4, -0.2) is 25.3 Å². The van der Waals surface area contributed by atoms with E-state index in [0.717, 1.165) is 25.0 Å². The van der Waals surface area contributed by atoms with Crippen molar-refractivity contribution in [2.75, 3.05) is 13.2 Å². The van der Waals surface area contributed by atoms with Gasteiger partial charge in [-0.15, -0.1) is 0 Å². The molecule has 0 spiro atoms. The van der Waals surface area contributed by atoms with Crippen LogP contribution in [0.4, 0.5) is 0 Å². The third kappa shape index (κ3) is 1.18. The molecule has 1 N–H and O–H groups in total. The molecule has 2 heterocycles. The summed E-state index contributed by atoms with van der Waals surface area (Å²) in [5.74, 6) is 1.51. The molecule has 2 aliphatic heterocycles. The Balaban J connectivity index is 2.03. The van der Waals surface area contributed by atoms with Crippen LogP contribution in [0, 0.1) is 11.8 Å². The Kier molecular flexibility index (Phi) is 1.90. The Bertz CT molecular complexity index is 146. The standard InChI is InChI=1S/C9H17NO/c1-6(2)7-5-10-8-3-4-11-9(7)8/h6-10H,3-5H2,1-2H3. The summed E-state index contributed by atoms with van der Waals surface area (Å²) in [4.78, 5) is 0. The first-order valence-corrected chi connectivity index (χ1v) is 4.64. The summed E-state index contributed by atoms with van der Waals surface area (Å²) in [5.41, 5.74) is 0. The highest BCUT2D eigenvalue weighted by Crippen LogP contribution is 2.30. The minimum Gasteiger partial charge on any atom is -0.376 e. The Labute approximate surface area is 68.3 Å². The Morgan fingerprint density at radius 3 is 3.00 bits per heavy atom. The zero-order valence-electron chi connectivity index (χ0n) is 7.34. The summed E-state index contributed by atoms with van der Waals surface area (Å²) >= 11 is 0. The van der Waals surface area contributed by atoms with Crippen LogP contribution in [0.2, 0.25) is 0 Å². The second kappa shape index (κ2) is 2.76. The van der Waals surface area contributed by atoms with E-state index in [0.29, 0.717) is 12.1 Å². The number of rotatable bonds is 1. The van der Waals surface area contributed by atoms with Crippen LogP contribution in [0.5, 0.6) is 0 Å². The molecule has 2 rings (SSSR count). The van der Waals surface area contributed by atoms with E-state index in [4.69, 9.17) is 4.74 Å². The Hall–Kier alpha value is -0.0800. The fourth-order valence-corrected chi connectivity index (χ4v) is 2.27. The molecule has 0 radical (unpaired) electrons.